The fourth-order valence-corrected chi connectivity index (χ4v) is 4.87. The van der Waals surface area contributed by atoms with Gasteiger partial charge >= 0.3 is 0 Å². The zero-order valence-corrected chi connectivity index (χ0v) is 22.0. The Labute approximate surface area is 217 Å². The van der Waals surface area contributed by atoms with Gasteiger partial charge in [-0.25, -0.2) is 0 Å². The molecule has 0 aliphatic carbocycles. The maximum absolute atomic E-state index is 14.4. The third-order valence-electron chi connectivity index (χ3n) is 6.75. The molecule has 3 aromatic carbocycles. The van der Waals surface area contributed by atoms with E-state index >= 15 is 0 Å². The van der Waals surface area contributed by atoms with Gasteiger partial charge in [0.05, 0.1) is 45.6 Å². The number of carbonyl (C=O) groups excluding carboxylic acids is 2. The Morgan fingerprint density at radius 2 is 1.57 bits per heavy atom. The number of fused-ring (bicyclic) bond motifs is 1. The van der Waals surface area contributed by atoms with Crippen molar-refractivity contribution in [2.75, 3.05) is 46.9 Å². The Hall–Kier alpha value is -4.20. The Morgan fingerprint density at radius 3 is 2.19 bits per heavy atom. The minimum atomic E-state index is -0.731. The molecule has 0 N–H and O–H groups in total. The van der Waals surface area contributed by atoms with Crippen LogP contribution in [-0.4, -0.2) is 58.7 Å². The molecule has 194 valence electrons. The summed E-state index contributed by atoms with van der Waals surface area (Å²) in [4.78, 5) is 31.2. The van der Waals surface area contributed by atoms with Crippen LogP contribution >= 0.6 is 0 Å². The first-order valence-corrected chi connectivity index (χ1v) is 12.0. The number of hydrogen-bond donors (Lipinski definition) is 0. The lowest BCUT2D eigenvalue weighted by atomic mass is 9.78. The molecule has 1 heterocycles. The number of ether oxygens (including phenoxy) is 4. The van der Waals surface area contributed by atoms with Crippen molar-refractivity contribution in [1.82, 2.24) is 4.90 Å². The average Bonchev–Trinajstić information content (AvgIpc) is 2.94. The van der Waals surface area contributed by atoms with Crippen LogP contribution in [-0.2, 0) is 4.79 Å². The van der Waals surface area contributed by atoms with Crippen molar-refractivity contribution in [2.24, 2.45) is 0 Å². The zero-order valence-electron chi connectivity index (χ0n) is 22.0. The van der Waals surface area contributed by atoms with Crippen molar-refractivity contribution >= 4 is 17.5 Å². The fraction of sp³-hybridized carbons (Fsp3) is 0.310. The molecular formula is C29H32N2O6. The van der Waals surface area contributed by atoms with E-state index in [0.717, 1.165) is 5.56 Å². The number of benzene rings is 3. The van der Waals surface area contributed by atoms with Gasteiger partial charge in [-0.05, 0) is 54.4 Å². The highest BCUT2D eigenvalue weighted by atomic mass is 16.5. The standard InChI is InChI=1S/C29H32N2O6/c1-7-37-23-11-9-8-10-22(23)30(2)29(33)26-20-16-24(35-5)25(36-6)17-21(20)28(32)31(3)27(26)18-12-14-19(34-4)15-13-18/h8-17,26-27H,7H2,1-6H3/t26-,27-/m1/s1. The molecule has 1 aliphatic heterocycles. The van der Waals surface area contributed by atoms with E-state index in [2.05, 4.69) is 0 Å². The number of para-hydroxylation sites is 2. The third kappa shape index (κ3) is 4.67. The predicted molar refractivity (Wildman–Crippen MR) is 141 cm³/mol. The molecule has 0 radical (unpaired) electrons. The molecule has 0 saturated carbocycles. The van der Waals surface area contributed by atoms with Crippen molar-refractivity contribution in [3.05, 3.63) is 77.4 Å². The van der Waals surface area contributed by atoms with Gasteiger partial charge in [0.25, 0.3) is 5.91 Å². The third-order valence-corrected chi connectivity index (χ3v) is 6.75. The number of anilines is 1. The SMILES string of the molecule is CCOc1ccccc1N(C)C(=O)[C@@H]1c2cc(OC)c(OC)cc2C(=O)N(C)[C@@H]1c1ccc(OC)cc1. The van der Waals surface area contributed by atoms with Crippen LogP contribution < -0.4 is 23.8 Å². The van der Waals surface area contributed by atoms with Crippen molar-refractivity contribution < 1.29 is 28.5 Å². The number of carbonyl (C=O) groups is 2. The Balaban J connectivity index is 1.91. The van der Waals surface area contributed by atoms with E-state index in [-0.39, 0.29) is 11.8 Å². The monoisotopic (exact) mass is 504 g/mol. The van der Waals surface area contributed by atoms with E-state index in [1.165, 1.54) is 14.2 Å². The van der Waals surface area contributed by atoms with Crippen LogP contribution in [0.25, 0.3) is 0 Å². The highest BCUT2D eigenvalue weighted by Gasteiger charge is 2.45. The second kappa shape index (κ2) is 10.8. The number of methoxy groups -OCH3 is 3. The molecule has 8 heteroatoms. The second-order valence-corrected chi connectivity index (χ2v) is 8.70. The summed E-state index contributed by atoms with van der Waals surface area (Å²) in [5.41, 5.74) is 2.42. The van der Waals surface area contributed by atoms with Crippen LogP contribution in [0.2, 0.25) is 0 Å². The van der Waals surface area contributed by atoms with Gasteiger partial charge in [0.15, 0.2) is 11.5 Å². The van der Waals surface area contributed by atoms with E-state index in [0.29, 0.717) is 46.4 Å². The minimum Gasteiger partial charge on any atom is -0.497 e. The fourth-order valence-electron chi connectivity index (χ4n) is 4.87. The van der Waals surface area contributed by atoms with Gasteiger partial charge in [-0.3, -0.25) is 9.59 Å². The molecule has 0 bridgehead atoms. The van der Waals surface area contributed by atoms with Crippen LogP contribution in [0.1, 0.15) is 40.4 Å². The van der Waals surface area contributed by atoms with Gasteiger partial charge in [-0.15, -0.1) is 0 Å². The highest BCUT2D eigenvalue weighted by molar-refractivity contribution is 6.06. The molecule has 0 spiro atoms. The van der Waals surface area contributed by atoms with E-state index in [9.17, 15) is 9.59 Å². The number of nitrogens with zero attached hydrogens (tertiary/aromatic N) is 2. The van der Waals surface area contributed by atoms with Gasteiger partial charge in [0.1, 0.15) is 11.5 Å². The van der Waals surface area contributed by atoms with Crippen LogP contribution in [0.15, 0.2) is 60.7 Å². The summed E-state index contributed by atoms with van der Waals surface area (Å²) in [6, 6.07) is 17.6. The number of hydrogen-bond acceptors (Lipinski definition) is 6. The molecule has 0 fully saturated rings. The summed E-state index contributed by atoms with van der Waals surface area (Å²) < 4.78 is 22.1. The first kappa shape index (κ1) is 25.9. The molecule has 0 unspecified atom stereocenters. The van der Waals surface area contributed by atoms with Crippen LogP contribution in [0.4, 0.5) is 5.69 Å². The lowest BCUT2D eigenvalue weighted by Gasteiger charge is -2.41. The van der Waals surface area contributed by atoms with Gasteiger partial charge in [-0.1, -0.05) is 24.3 Å². The van der Waals surface area contributed by atoms with Gasteiger partial charge in [-0.2, -0.15) is 0 Å². The van der Waals surface area contributed by atoms with Crippen molar-refractivity contribution in [1.29, 1.82) is 0 Å². The first-order valence-electron chi connectivity index (χ1n) is 12.0. The number of rotatable bonds is 8. The lowest BCUT2D eigenvalue weighted by molar-refractivity contribution is -0.121. The lowest BCUT2D eigenvalue weighted by Crippen LogP contribution is -2.46. The molecule has 1 aliphatic rings. The smallest absolute Gasteiger partial charge is 0.254 e. The summed E-state index contributed by atoms with van der Waals surface area (Å²) >= 11 is 0. The van der Waals surface area contributed by atoms with Crippen LogP contribution in [0.5, 0.6) is 23.0 Å². The van der Waals surface area contributed by atoms with E-state index < -0.39 is 12.0 Å². The minimum absolute atomic E-state index is 0.194. The summed E-state index contributed by atoms with van der Waals surface area (Å²) in [6.07, 6.45) is 0. The second-order valence-electron chi connectivity index (χ2n) is 8.70. The Morgan fingerprint density at radius 1 is 0.919 bits per heavy atom. The molecule has 8 nitrogen and oxygen atoms in total. The van der Waals surface area contributed by atoms with Crippen molar-refractivity contribution in [3.8, 4) is 23.0 Å². The van der Waals surface area contributed by atoms with Crippen LogP contribution in [0, 0.1) is 0 Å². The quantitative estimate of drug-likeness (QED) is 0.443. The topological polar surface area (TPSA) is 77.5 Å². The molecule has 3 aromatic rings. The molecule has 0 saturated heterocycles. The van der Waals surface area contributed by atoms with Crippen molar-refractivity contribution in [2.45, 2.75) is 18.9 Å². The Kier molecular flexibility index (Phi) is 7.57. The molecule has 37 heavy (non-hydrogen) atoms. The average molecular weight is 505 g/mol. The van der Waals surface area contributed by atoms with Gasteiger partial charge in [0.2, 0.25) is 5.91 Å². The van der Waals surface area contributed by atoms with E-state index in [4.69, 9.17) is 18.9 Å². The summed E-state index contributed by atoms with van der Waals surface area (Å²) in [5, 5.41) is 0. The van der Waals surface area contributed by atoms with E-state index in [1.807, 2.05) is 55.5 Å². The number of amides is 2. The summed E-state index contributed by atoms with van der Waals surface area (Å²) in [7, 11) is 8.08. The summed E-state index contributed by atoms with van der Waals surface area (Å²) in [5.74, 6) is 1.03. The molecule has 2 amide bonds. The summed E-state index contributed by atoms with van der Waals surface area (Å²) in [6.45, 7) is 2.37. The number of likely N-dealkylation sites (N-methyl/N-ethyl adjacent to an activating group) is 2. The predicted octanol–water partition coefficient (Wildman–Crippen LogP) is 4.68. The van der Waals surface area contributed by atoms with Crippen molar-refractivity contribution in [3.63, 3.8) is 0 Å². The zero-order chi connectivity index (χ0) is 26.7. The molecule has 4 rings (SSSR count). The van der Waals surface area contributed by atoms with Gasteiger partial charge in [0, 0.05) is 19.7 Å². The maximum atomic E-state index is 14.4. The normalized spacial score (nSPS) is 16.6. The van der Waals surface area contributed by atoms with Crippen LogP contribution in [0.3, 0.4) is 0 Å². The van der Waals surface area contributed by atoms with E-state index in [1.54, 1.807) is 43.1 Å². The molecule has 2 atom stereocenters. The maximum Gasteiger partial charge on any atom is 0.254 e. The Bertz CT molecular complexity index is 1290. The van der Waals surface area contributed by atoms with Gasteiger partial charge < -0.3 is 28.7 Å². The first-order chi connectivity index (χ1) is 17.9. The highest BCUT2D eigenvalue weighted by Crippen LogP contribution is 2.47. The molecular weight excluding hydrogens is 472 g/mol. The molecule has 0 aromatic heterocycles. The largest absolute Gasteiger partial charge is 0.497 e.